The van der Waals surface area contributed by atoms with Crippen molar-refractivity contribution >= 4 is 22.9 Å². The maximum atomic E-state index is 14.0. The Morgan fingerprint density at radius 2 is 1.60 bits per heavy atom. The number of para-hydroxylation sites is 2. The molecule has 10 heteroatoms. The third-order valence-corrected chi connectivity index (χ3v) is 5.83. The van der Waals surface area contributed by atoms with Crippen molar-refractivity contribution < 1.29 is 13.5 Å². The fourth-order valence-corrected chi connectivity index (χ4v) is 4.27. The van der Waals surface area contributed by atoms with Gasteiger partial charge in [0.25, 0.3) is 6.43 Å². The van der Waals surface area contributed by atoms with Crippen molar-refractivity contribution in [1.82, 2.24) is 24.5 Å². The number of anilines is 2. The van der Waals surface area contributed by atoms with Crippen LogP contribution in [0.25, 0.3) is 17.0 Å². The summed E-state index contributed by atoms with van der Waals surface area (Å²) in [5, 5.41) is 3.40. The molecule has 5 rings (SSSR count). The van der Waals surface area contributed by atoms with Crippen LogP contribution >= 0.6 is 0 Å². The molecule has 2 aromatic heterocycles. The van der Waals surface area contributed by atoms with Gasteiger partial charge in [-0.15, -0.1) is 0 Å². The van der Waals surface area contributed by atoms with Gasteiger partial charge < -0.3 is 15.0 Å². The molecule has 0 aliphatic carbocycles. The first-order valence-corrected chi connectivity index (χ1v) is 11.6. The summed E-state index contributed by atoms with van der Waals surface area (Å²) in [6, 6.07) is 17.1. The second kappa shape index (κ2) is 9.53. The summed E-state index contributed by atoms with van der Waals surface area (Å²) in [6.07, 6.45) is -2.07. The molecule has 2 aromatic carbocycles. The number of hydrogen-bond donors (Lipinski definition) is 1. The van der Waals surface area contributed by atoms with Gasteiger partial charge in [-0.1, -0.05) is 42.5 Å². The summed E-state index contributed by atoms with van der Waals surface area (Å²) in [4.78, 5) is 20.0. The van der Waals surface area contributed by atoms with Crippen LogP contribution in [0.3, 0.4) is 0 Å². The molecule has 0 bridgehead atoms. The zero-order valence-electron chi connectivity index (χ0n) is 19.7. The molecule has 0 radical (unpaired) electrons. The van der Waals surface area contributed by atoms with Gasteiger partial charge in [-0.3, -0.25) is 4.57 Å². The predicted molar refractivity (Wildman–Crippen MR) is 130 cm³/mol. The number of nitrogens with one attached hydrogen (secondary N) is 1. The number of nitrogens with zero attached hydrogens (tertiary/aromatic N) is 6. The van der Waals surface area contributed by atoms with Gasteiger partial charge in [-0.05, 0) is 38.0 Å². The number of aromatic nitrogens is 5. The van der Waals surface area contributed by atoms with Crippen molar-refractivity contribution in [2.24, 2.45) is 0 Å². The van der Waals surface area contributed by atoms with Crippen LogP contribution in [0.1, 0.15) is 31.7 Å². The molecule has 1 aliphatic rings. The van der Waals surface area contributed by atoms with Crippen LogP contribution in [0.15, 0.2) is 54.6 Å². The van der Waals surface area contributed by atoms with Gasteiger partial charge in [-0.25, -0.2) is 13.8 Å². The summed E-state index contributed by atoms with van der Waals surface area (Å²) in [5.74, 6) is 0.424. The highest BCUT2D eigenvalue weighted by atomic mass is 19.3. The first kappa shape index (κ1) is 23.1. The number of benzene rings is 2. The molecule has 3 heterocycles. The largest absolute Gasteiger partial charge is 0.378 e. The van der Waals surface area contributed by atoms with Gasteiger partial charge in [0.1, 0.15) is 0 Å². The second-order valence-corrected chi connectivity index (χ2v) is 9.12. The normalized spacial score (nSPS) is 14.6. The molecule has 0 saturated carbocycles. The Kier molecular flexibility index (Phi) is 6.29. The van der Waals surface area contributed by atoms with Crippen LogP contribution in [0.2, 0.25) is 0 Å². The third-order valence-electron chi connectivity index (χ3n) is 5.83. The highest BCUT2D eigenvalue weighted by molar-refractivity contribution is 5.77. The zero-order valence-corrected chi connectivity index (χ0v) is 19.7. The first-order valence-electron chi connectivity index (χ1n) is 11.6. The number of alkyl halides is 2. The maximum absolute atomic E-state index is 14.0. The molecule has 1 fully saturated rings. The molecule has 0 spiro atoms. The van der Waals surface area contributed by atoms with E-state index in [4.69, 9.17) is 4.74 Å². The van der Waals surface area contributed by atoms with Crippen molar-refractivity contribution in [3.63, 3.8) is 0 Å². The lowest BCUT2D eigenvalue weighted by atomic mass is 9.95. The summed E-state index contributed by atoms with van der Waals surface area (Å²) < 4.78 is 34.8. The molecule has 1 N–H and O–H groups in total. The Balaban J connectivity index is 1.59. The Morgan fingerprint density at radius 1 is 0.914 bits per heavy atom. The van der Waals surface area contributed by atoms with Crippen LogP contribution in [0.5, 0.6) is 0 Å². The van der Waals surface area contributed by atoms with Gasteiger partial charge >= 0.3 is 0 Å². The van der Waals surface area contributed by atoms with Crippen LogP contribution in [-0.2, 0) is 11.2 Å². The van der Waals surface area contributed by atoms with E-state index in [2.05, 4.69) is 51.2 Å². The van der Waals surface area contributed by atoms with Gasteiger partial charge in [-0.2, -0.15) is 15.0 Å². The topological polar surface area (TPSA) is 81.0 Å². The molecular formula is C25H27F2N7O. The van der Waals surface area contributed by atoms with Gasteiger partial charge in [0.15, 0.2) is 5.82 Å². The number of ether oxygens (including phenoxy) is 1. The molecule has 35 heavy (non-hydrogen) atoms. The number of halogens is 2. The van der Waals surface area contributed by atoms with E-state index in [1.165, 1.54) is 4.57 Å². The summed E-state index contributed by atoms with van der Waals surface area (Å²) in [7, 11) is 0. The highest BCUT2D eigenvalue weighted by Gasteiger charge is 2.26. The van der Waals surface area contributed by atoms with Gasteiger partial charge in [0.2, 0.25) is 17.8 Å². The minimum absolute atomic E-state index is 0.100. The summed E-state index contributed by atoms with van der Waals surface area (Å²) in [5.41, 5.74) is 1.71. The maximum Gasteiger partial charge on any atom is 0.296 e. The Labute approximate surface area is 202 Å². The number of imidazole rings is 1. The van der Waals surface area contributed by atoms with E-state index in [0.717, 1.165) is 12.0 Å². The number of morpholine rings is 1. The molecular weight excluding hydrogens is 452 g/mol. The van der Waals surface area contributed by atoms with Crippen LogP contribution < -0.4 is 10.2 Å². The molecule has 0 unspecified atom stereocenters. The molecule has 1 aliphatic heterocycles. The van der Waals surface area contributed by atoms with Crippen molar-refractivity contribution in [1.29, 1.82) is 0 Å². The fraction of sp³-hybridized carbons (Fsp3) is 0.360. The average molecular weight is 480 g/mol. The van der Waals surface area contributed by atoms with Crippen LogP contribution in [0, 0.1) is 0 Å². The molecule has 4 aromatic rings. The van der Waals surface area contributed by atoms with E-state index in [1.807, 2.05) is 23.1 Å². The third kappa shape index (κ3) is 5.07. The van der Waals surface area contributed by atoms with Crippen molar-refractivity contribution in [3.05, 3.63) is 66.0 Å². The second-order valence-electron chi connectivity index (χ2n) is 9.12. The smallest absolute Gasteiger partial charge is 0.296 e. The van der Waals surface area contributed by atoms with E-state index in [9.17, 15) is 8.78 Å². The summed E-state index contributed by atoms with van der Waals surface area (Å²) >= 11 is 0. The van der Waals surface area contributed by atoms with Crippen molar-refractivity contribution in [3.8, 4) is 5.95 Å². The van der Waals surface area contributed by atoms with Crippen molar-refractivity contribution in [2.75, 3.05) is 36.5 Å². The van der Waals surface area contributed by atoms with E-state index in [1.54, 1.807) is 24.3 Å². The highest BCUT2D eigenvalue weighted by Crippen LogP contribution is 2.28. The Hall–Kier alpha value is -3.66. The van der Waals surface area contributed by atoms with E-state index in [-0.39, 0.29) is 5.95 Å². The fourth-order valence-electron chi connectivity index (χ4n) is 4.27. The first-order chi connectivity index (χ1) is 16.9. The molecule has 182 valence electrons. The number of rotatable bonds is 7. The van der Waals surface area contributed by atoms with Gasteiger partial charge in [0, 0.05) is 18.6 Å². The standard InChI is InChI=1S/C25H27F2N7O/c1-25(2,16-17-8-4-3-5-9-17)32-22-29-23(33-12-14-35-15-13-33)31-24(30-22)34-19-11-7-6-10-18(19)28-21(34)20(26)27/h3-11,20H,12-16H2,1-2H3,(H,29,30,31,32). The molecule has 0 amide bonds. The van der Waals surface area contributed by atoms with Crippen LogP contribution in [0.4, 0.5) is 20.7 Å². The lowest BCUT2D eigenvalue weighted by molar-refractivity contribution is 0.122. The van der Waals surface area contributed by atoms with Crippen LogP contribution in [-0.4, -0.2) is 56.3 Å². The van der Waals surface area contributed by atoms with E-state index >= 15 is 0 Å². The lowest BCUT2D eigenvalue weighted by Gasteiger charge is -2.29. The van der Waals surface area contributed by atoms with Crippen molar-refractivity contribution in [2.45, 2.75) is 32.2 Å². The minimum Gasteiger partial charge on any atom is -0.378 e. The molecule has 1 saturated heterocycles. The zero-order chi connectivity index (χ0) is 24.4. The number of hydrogen-bond acceptors (Lipinski definition) is 7. The van der Waals surface area contributed by atoms with E-state index in [0.29, 0.717) is 49.2 Å². The molecule has 0 atom stereocenters. The number of fused-ring (bicyclic) bond motifs is 1. The van der Waals surface area contributed by atoms with Gasteiger partial charge in [0.05, 0.1) is 24.2 Å². The SMILES string of the molecule is CC(C)(Cc1ccccc1)Nc1nc(N2CCOCC2)nc(-n2c(C(F)F)nc3ccccc32)n1. The minimum atomic E-state index is -2.79. The lowest BCUT2D eigenvalue weighted by Crippen LogP contribution is -2.38. The Bertz CT molecular complexity index is 1300. The Morgan fingerprint density at radius 3 is 2.34 bits per heavy atom. The molecule has 8 nitrogen and oxygen atoms in total. The monoisotopic (exact) mass is 479 g/mol. The average Bonchev–Trinajstić information content (AvgIpc) is 3.24. The summed E-state index contributed by atoms with van der Waals surface area (Å²) in [6.45, 7) is 6.38. The van der Waals surface area contributed by atoms with E-state index < -0.39 is 17.8 Å². The predicted octanol–water partition coefficient (Wildman–Crippen LogP) is 4.42. The quantitative estimate of drug-likeness (QED) is 0.420.